The lowest BCUT2D eigenvalue weighted by molar-refractivity contribution is 0.237. The van der Waals surface area contributed by atoms with Gasteiger partial charge in [-0.3, -0.25) is 0 Å². The van der Waals surface area contributed by atoms with Crippen LogP contribution in [0.5, 0.6) is 11.5 Å². The van der Waals surface area contributed by atoms with Crippen LogP contribution in [0.3, 0.4) is 0 Å². The van der Waals surface area contributed by atoms with E-state index in [1.807, 2.05) is 0 Å². The summed E-state index contributed by atoms with van der Waals surface area (Å²) >= 11 is 0. The van der Waals surface area contributed by atoms with E-state index in [4.69, 9.17) is 18.9 Å². The van der Waals surface area contributed by atoms with E-state index in [1.165, 1.54) is 71.9 Å². The lowest BCUT2D eigenvalue weighted by Gasteiger charge is -2.19. The molecule has 6 atom stereocenters. The molecule has 4 nitrogen and oxygen atoms in total. The summed E-state index contributed by atoms with van der Waals surface area (Å²) in [5.74, 6) is 4.52. The van der Waals surface area contributed by atoms with E-state index >= 15 is 0 Å². The minimum Gasteiger partial charge on any atom is -0.493 e. The van der Waals surface area contributed by atoms with E-state index in [1.54, 1.807) is 0 Å². The van der Waals surface area contributed by atoms with Gasteiger partial charge >= 0.3 is 0 Å². The van der Waals surface area contributed by atoms with Crippen LogP contribution in [0.1, 0.15) is 77.3 Å². The first-order valence-electron chi connectivity index (χ1n) is 17.0. The summed E-state index contributed by atoms with van der Waals surface area (Å²) in [6, 6.07) is 21.9. The molecule has 0 aliphatic carbocycles. The van der Waals surface area contributed by atoms with E-state index in [0.717, 1.165) is 49.8 Å². The normalized spacial score (nSPS) is 20.0. The van der Waals surface area contributed by atoms with Gasteiger partial charge in [0.2, 0.25) is 0 Å². The molecule has 3 aromatic carbocycles. The summed E-state index contributed by atoms with van der Waals surface area (Å²) < 4.78 is 23.2. The van der Waals surface area contributed by atoms with Crippen molar-refractivity contribution in [2.75, 3.05) is 26.4 Å². The van der Waals surface area contributed by atoms with Crippen molar-refractivity contribution in [2.45, 2.75) is 92.3 Å². The molecule has 2 heterocycles. The van der Waals surface area contributed by atoms with Gasteiger partial charge in [0.1, 0.15) is 11.5 Å². The van der Waals surface area contributed by atoms with Crippen LogP contribution in [0.15, 0.2) is 60.7 Å². The van der Waals surface area contributed by atoms with Gasteiger partial charge < -0.3 is 18.9 Å². The fourth-order valence-corrected chi connectivity index (χ4v) is 6.25. The molecule has 3 aromatic rings. The van der Waals surface area contributed by atoms with Crippen molar-refractivity contribution >= 4 is 0 Å². The monoisotopic (exact) mass is 598 g/mol. The number of hydrogen-bond acceptors (Lipinski definition) is 4. The standard InChI is InChI=1S/C40H54O4/c1-27(19-38-25-42-38)7-9-29(3)23-41-37-17-15-34(16-18-37)33-11-13-35(14-12-33)36-21-31(5)40(32(6)22-36)44-24-30(4)10-8-28(2)20-39-26-43-39/h11-18,21-22,27-30,38-39H,7-10,19-20,23-26H2,1-6H3. The zero-order chi connectivity index (χ0) is 31.1. The lowest BCUT2D eigenvalue weighted by atomic mass is 9.95. The van der Waals surface area contributed by atoms with Gasteiger partial charge in [-0.1, -0.05) is 76.9 Å². The lowest BCUT2D eigenvalue weighted by Crippen LogP contribution is -2.12. The Morgan fingerprint density at radius 1 is 0.568 bits per heavy atom. The van der Waals surface area contributed by atoms with Gasteiger partial charge in [-0.25, -0.2) is 0 Å². The van der Waals surface area contributed by atoms with E-state index in [0.29, 0.717) is 24.0 Å². The van der Waals surface area contributed by atoms with E-state index < -0.39 is 0 Å². The Morgan fingerprint density at radius 2 is 0.955 bits per heavy atom. The van der Waals surface area contributed by atoms with Gasteiger partial charge in [0.25, 0.3) is 0 Å². The third-order valence-corrected chi connectivity index (χ3v) is 9.35. The average molecular weight is 599 g/mol. The molecule has 2 aliphatic heterocycles. The van der Waals surface area contributed by atoms with Crippen LogP contribution in [0.2, 0.25) is 0 Å². The maximum absolute atomic E-state index is 6.36. The van der Waals surface area contributed by atoms with Crippen LogP contribution in [-0.2, 0) is 9.47 Å². The van der Waals surface area contributed by atoms with Gasteiger partial charge in [-0.15, -0.1) is 0 Å². The van der Waals surface area contributed by atoms with Crippen LogP contribution in [-0.4, -0.2) is 38.6 Å². The van der Waals surface area contributed by atoms with Crippen molar-refractivity contribution in [3.8, 4) is 33.8 Å². The third-order valence-electron chi connectivity index (χ3n) is 9.35. The Bertz CT molecular complexity index is 1280. The first-order chi connectivity index (χ1) is 21.2. The SMILES string of the molecule is Cc1cc(-c2ccc(-c3ccc(OCC(C)CCC(C)CC4CO4)cc3)cc2)cc(C)c1OCC(C)CCC(C)CC1CO1. The molecule has 2 fully saturated rings. The van der Waals surface area contributed by atoms with E-state index in [9.17, 15) is 0 Å². The Hall–Kier alpha value is -2.82. The Labute approximate surface area is 266 Å². The molecule has 4 heteroatoms. The van der Waals surface area contributed by atoms with Gasteiger partial charge in [-0.2, -0.15) is 0 Å². The molecule has 2 aliphatic rings. The smallest absolute Gasteiger partial charge is 0.125 e. The van der Waals surface area contributed by atoms with Crippen molar-refractivity contribution in [1.82, 2.24) is 0 Å². The largest absolute Gasteiger partial charge is 0.493 e. The number of hydrogen-bond donors (Lipinski definition) is 0. The molecule has 0 saturated carbocycles. The summed E-state index contributed by atoms with van der Waals surface area (Å²) in [6.45, 7) is 17.1. The van der Waals surface area contributed by atoms with Crippen LogP contribution in [0, 0.1) is 37.5 Å². The minimum absolute atomic E-state index is 0.527. The van der Waals surface area contributed by atoms with Crippen molar-refractivity contribution in [2.24, 2.45) is 23.7 Å². The van der Waals surface area contributed by atoms with Crippen LogP contribution >= 0.6 is 0 Å². The maximum atomic E-state index is 6.36. The van der Waals surface area contributed by atoms with Gasteiger partial charge in [0.15, 0.2) is 0 Å². The highest BCUT2D eigenvalue weighted by atomic mass is 16.6. The zero-order valence-corrected chi connectivity index (χ0v) is 27.9. The molecule has 0 N–H and O–H groups in total. The van der Waals surface area contributed by atoms with Crippen LogP contribution in [0.25, 0.3) is 22.3 Å². The van der Waals surface area contributed by atoms with E-state index in [-0.39, 0.29) is 0 Å². The molecule has 0 bridgehead atoms. The molecule has 0 aromatic heterocycles. The Morgan fingerprint density at radius 3 is 1.41 bits per heavy atom. The predicted molar refractivity (Wildman–Crippen MR) is 182 cm³/mol. The van der Waals surface area contributed by atoms with Gasteiger partial charge in [0, 0.05) is 0 Å². The highest BCUT2D eigenvalue weighted by Crippen LogP contribution is 2.33. The number of epoxide rings is 2. The first-order valence-corrected chi connectivity index (χ1v) is 17.0. The fraction of sp³-hybridized carbons (Fsp3) is 0.550. The molecule has 238 valence electrons. The summed E-state index contributed by atoms with van der Waals surface area (Å²) in [6.07, 6.45) is 8.34. The van der Waals surface area contributed by atoms with Crippen molar-refractivity contribution < 1.29 is 18.9 Å². The molecule has 0 amide bonds. The first kappa shape index (κ1) is 32.6. The molecule has 2 saturated heterocycles. The summed E-state index contributed by atoms with van der Waals surface area (Å²) in [7, 11) is 0. The third kappa shape index (κ3) is 10.1. The predicted octanol–water partition coefficient (Wildman–Crippen LogP) is 10.1. The van der Waals surface area contributed by atoms with Gasteiger partial charge in [-0.05, 0) is 121 Å². The second-order valence-corrected chi connectivity index (χ2v) is 14.1. The number of benzene rings is 3. The Balaban J connectivity index is 1.09. The number of rotatable bonds is 18. The molecule has 6 unspecified atom stereocenters. The molecule has 5 rings (SSSR count). The average Bonchev–Trinajstić information content (AvgIpc) is 3.96. The van der Waals surface area contributed by atoms with Gasteiger partial charge in [0.05, 0.1) is 38.6 Å². The van der Waals surface area contributed by atoms with E-state index in [2.05, 4.69) is 102 Å². The fourth-order valence-electron chi connectivity index (χ4n) is 6.25. The number of ether oxygens (including phenoxy) is 4. The molecule has 0 spiro atoms. The minimum atomic E-state index is 0.527. The Kier molecular flexibility index (Phi) is 11.4. The highest BCUT2D eigenvalue weighted by Gasteiger charge is 2.25. The van der Waals surface area contributed by atoms with Crippen LogP contribution in [0.4, 0.5) is 0 Å². The molecule has 44 heavy (non-hydrogen) atoms. The molecular formula is C40H54O4. The van der Waals surface area contributed by atoms with Crippen molar-refractivity contribution in [1.29, 1.82) is 0 Å². The summed E-state index contributed by atoms with van der Waals surface area (Å²) in [5.41, 5.74) is 7.26. The molecular weight excluding hydrogens is 544 g/mol. The molecule has 0 radical (unpaired) electrons. The van der Waals surface area contributed by atoms with Crippen LogP contribution < -0.4 is 9.47 Å². The maximum Gasteiger partial charge on any atom is 0.125 e. The second-order valence-electron chi connectivity index (χ2n) is 14.1. The van der Waals surface area contributed by atoms with Crippen molar-refractivity contribution in [3.05, 3.63) is 71.8 Å². The summed E-state index contributed by atoms with van der Waals surface area (Å²) in [4.78, 5) is 0. The number of aryl methyl sites for hydroxylation is 2. The topological polar surface area (TPSA) is 43.5 Å². The second kappa shape index (κ2) is 15.5. The summed E-state index contributed by atoms with van der Waals surface area (Å²) in [5, 5.41) is 0. The quantitative estimate of drug-likeness (QED) is 0.137. The zero-order valence-electron chi connectivity index (χ0n) is 27.9. The highest BCUT2D eigenvalue weighted by molar-refractivity contribution is 5.72. The van der Waals surface area contributed by atoms with Crippen molar-refractivity contribution in [3.63, 3.8) is 0 Å².